The van der Waals surface area contributed by atoms with Crippen LogP contribution in [0.2, 0.25) is 0 Å². The van der Waals surface area contributed by atoms with Crippen LogP contribution in [0.25, 0.3) is 0 Å². The molecule has 0 radical (unpaired) electrons. The van der Waals surface area contributed by atoms with Crippen molar-refractivity contribution in [3.63, 3.8) is 0 Å². The smallest absolute Gasteiger partial charge is 0.227 e. The minimum absolute atomic E-state index is 0.102. The fourth-order valence-corrected chi connectivity index (χ4v) is 2.80. The number of aryl methyl sites for hydroxylation is 1. The van der Waals surface area contributed by atoms with Crippen molar-refractivity contribution in [3.05, 3.63) is 35.4 Å². The van der Waals surface area contributed by atoms with Crippen LogP contribution in [0.15, 0.2) is 24.3 Å². The molecule has 1 amide bonds. The maximum Gasteiger partial charge on any atom is 0.227 e. The summed E-state index contributed by atoms with van der Waals surface area (Å²) in [6, 6.07) is 8.22. The molecule has 3 heteroatoms. The van der Waals surface area contributed by atoms with E-state index in [0.717, 1.165) is 31.2 Å². The van der Waals surface area contributed by atoms with Crippen molar-refractivity contribution >= 4 is 5.91 Å². The number of nitrogens with one attached hydrogen (secondary N) is 1. The van der Waals surface area contributed by atoms with Crippen molar-refractivity contribution in [1.29, 1.82) is 0 Å². The highest BCUT2D eigenvalue weighted by atomic mass is 16.2. The summed E-state index contributed by atoms with van der Waals surface area (Å²) in [5.41, 5.74) is 7.87. The molecule has 0 aliphatic carbocycles. The molecule has 20 heavy (non-hydrogen) atoms. The summed E-state index contributed by atoms with van der Waals surface area (Å²) in [4.78, 5) is 12.5. The Kier molecular flexibility index (Phi) is 6.73. The van der Waals surface area contributed by atoms with E-state index < -0.39 is 5.41 Å². The lowest BCUT2D eigenvalue weighted by Gasteiger charge is -2.30. The Hall–Kier alpha value is -1.35. The third kappa shape index (κ3) is 4.34. The van der Waals surface area contributed by atoms with E-state index in [0.29, 0.717) is 13.1 Å². The van der Waals surface area contributed by atoms with Gasteiger partial charge in [-0.25, -0.2) is 0 Å². The molecule has 1 aromatic carbocycles. The topological polar surface area (TPSA) is 55.1 Å². The Morgan fingerprint density at radius 1 is 1.25 bits per heavy atom. The highest BCUT2D eigenvalue weighted by molar-refractivity contribution is 5.82. The minimum atomic E-state index is -0.396. The molecule has 0 unspecified atom stereocenters. The van der Waals surface area contributed by atoms with Crippen LogP contribution in [-0.2, 0) is 11.3 Å². The predicted octanol–water partition coefficient (Wildman–Crippen LogP) is 3.16. The van der Waals surface area contributed by atoms with E-state index in [1.807, 2.05) is 12.1 Å². The van der Waals surface area contributed by atoms with E-state index in [2.05, 4.69) is 38.2 Å². The molecule has 0 heterocycles. The van der Waals surface area contributed by atoms with E-state index in [1.54, 1.807) is 0 Å². The fraction of sp³-hybridized carbons (Fsp3) is 0.588. The van der Waals surface area contributed by atoms with Crippen molar-refractivity contribution in [2.45, 2.75) is 53.0 Å². The summed E-state index contributed by atoms with van der Waals surface area (Å²) < 4.78 is 0. The largest absolute Gasteiger partial charge is 0.352 e. The van der Waals surface area contributed by atoms with Crippen molar-refractivity contribution in [3.8, 4) is 0 Å². The van der Waals surface area contributed by atoms with Crippen LogP contribution >= 0.6 is 0 Å². The standard InChI is InChI=1S/C17H28N2O/c1-4-9-17(13-18,10-5-2)16(20)19-12-15-8-6-7-14(3)11-15/h6-8,11H,4-5,9-10,12-13,18H2,1-3H3,(H,19,20). The van der Waals surface area contributed by atoms with Crippen LogP contribution in [0.3, 0.4) is 0 Å². The first kappa shape index (κ1) is 16.7. The van der Waals surface area contributed by atoms with Gasteiger partial charge in [0.2, 0.25) is 5.91 Å². The minimum Gasteiger partial charge on any atom is -0.352 e. The molecule has 0 fully saturated rings. The summed E-state index contributed by atoms with van der Waals surface area (Å²) in [6.07, 6.45) is 3.68. The lowest BCUT2D eigenvalue weighted by molar-refractivity contribution is -0.131. The van der Waals surface area contributed by atoms with Crippen LogP contribution in [0.1, 0.15) is 50.7 Å². The van der Waals surface area contributed by atoms with Gasteiger partial charge >= 0.3 is 0 Å². The Bertz CT molecular complexity index is 423. The summed E-state index contributed by atoms with van der Waals surface area (Å²) in [5.74, 6) is 0.102. The van der Waals surface area contributed by atoms with Crippen LogP contribution < -0.4 is 11.1 Å². The lowest BCUT2D eigenvalue weighted by atomic mass is 9.78. The molecule has 112 valence electrons. The molecule has 0 saturated heterocycles. The number of benzene rings is 1. The van der Waals surface area contributed by atoms with Gasteiger partial charge in [0.25, 0.3) is 0 Å². The second-order valence-electron chi connectivity index (χ2n) is 5.66. The Morgan fingerprint density at radius 2 is 1.90 bits per heavy atom. The zero-order valence-corrected chi connectivity index (χ0v) is 13.0. The molecule has 0 aliphatic rings. The van der Waals surface area contributed by atoms with Gasteiger partial charge in [0.15, 0.2) is 0 Å². The van der Waals surface area contributed by atoms with Gasteiger partial charge in [-0.2, -0.15) is 0 Å². The summed E-state index contributed by atoms with van der Waals surface area (Å²) in [6.45, 7) is 7.27. The van der Waals surface area contributed by atoms with Crippen molar-refractivity contribution in [2.24, 2.45) is 11.1 Å². The van der Waals surface area contributed by atoms with E-state index >= 15 is 0 Å². The maximum absolute atomic E-state index is 12.5. The van der Waals surface area contributed by atoms with Crippen LogP contribution in [0, 0.1) is 12.3 Å². The molecule has 0 atom stereocenters. The first-order valence-corrected chi connectivity index (χ1v) is 7.62. The van der Waals surface area contributed by atoms with Crippen molar-refractivity contribution in [1.82, 2.24) is 5.32 Å². The fourth-order valence-electron chi connectivity index (χ4n) is 2.80. The number of hydrogen-bond acceptors (Lipinski definition) is 2. The number of nitrogens with two attached hydrogens (primary N) is 1. The zero-order chi connectivity index (χ0) is 15.0. The highest BCUT2D eigenvalue weighted by Gasteiger charge is 2.34. The highest BCUT2D eigenvalue weighted by Crippen LogP contribution is 2.29. The average molecular weight is 276 g/mol. The number of rotatable bonds is 8. The number of carbonyl (C=O) groups excluding carboxylic acids is 1. The van der Waals surface area contributed by atoms with Gasteiger partial charge in [-0.15, -0.1) is 0 Å². The second-order valence-corrected chi connectivity index (χ2v) is 5.66. The molecule has 1 aromatic rings. The van der Waals surface area contributed by atoms with E-state index in [9.17, 15) is 4.79 Å². The van der Waals surface area contributed by atoms with E-state index in [4.69, 9.17) is 5.73 Å². The predicted molar refractivity (Wildman–Crippen MR) is 84.3 cm³/mol. The van der Waals surface area contributed by atoms with E-state index in [1.165, 1.54) is 5.56 Å². The maximum atomic E-state index is 12.5. The number of amides is 1. The van der Waals surface area contributed by atoms with Gasteiger partial charge in [-0.3, -0.25) is 4.79 Å². The zero-order valence-electron chi connectivity index (χ0n) is 13.0. The van der Waals surface area contributed by atoms with Gasteiger partial charge in [0, 0.05) is 13.1 Å². The molecule has 3 nitrogen and oxygen atoms in total. The van der Waals surface area contributed by atoms with Crippen molar-refractivity contribution in [2.75, 3.05) is 6.54 Å². The third-order valence-corrected chi connectivity index (χ3v) is 3.87. The van der Waals surface area contributed by atoms with Crippen LogP contribution in [0.4, 0.5) is 0 Å². The van der Waals surface area contributed by atoms with E-state index in [-0.39, 0.29) is 5.91 Å². The summed E-state index contributed by atoms with van der Waals surface area (Å²) >= 11 is 0. The average Bonchev–Trinajstić information content (AvgIpc) is 2.44. The molecule has 0 spiro atoms. The summed E-state index contributed by atoms with van der Waals surface area (Å²) in [5, 5.41) is 3.07. The molecular weight excluding hydrogens is 248 g/mol. The van der Waals surface area contributed by atoms with Crippen LogP contribution in [0.5, 0.6) is 0 Å². The molecular formula is C17H28N2O. The van der Waals surface area contributed by atoms with Gasteiger partial charge < -0.3 is 11.1 Å². The molecule has 0 aromatic heterocycles. The molecule has 0 bridgehead atoms. The van der Waals surface area contributed by atoms with Gasteiger partial charge in [-0.1, -0.05) is 56.5 Å². The monoisotopic (exact) mass is 276 g/mol. The second kappa shape index (κ2) is 8.05. The van der Waals surface area contributed by atoms with Crippen molar-refractivity contribution < 1.29 is 4.79 Å². The number of carbonyl (C=O) groups is 1. The molecule has 3 N–H and O–H groups in total. The van der Waals surface area contributed by atoms with Crippen LogP contribution in [-0.4, -0.2) is 12.5 Å². The molecule has 0 saturated carbocycles. The summed E-state index contributed by atoms with van der Waals surface area (Å²) in [7, 11) is 0. The Labute approximate surface area is 122 Å². The SMILES string of the molecule is CCCC(CN)(CCC)C(=O)NCc1cccc(C)c1. The molecule has 0 aliphatic heterocycles. The van der Waals surface area contributed by atoms with Gasteiger partial charge in [0.05, 0.1) is 5.41 Å². The first-order chi connectivity index (χ1) is 9.57. The normalized spacial score (nSPS) is 11.4. The third-order valence-electron chi connectivity index (χ3n) is 3.87. The number of hydrogen-bond donors (Lipinski definition) is 2. The quantitative estimate of drug-likeness (QED) is 0.766. The van der Waals surface area contributed by atoms with Gasteiger partial charge in [0.1, 0.15) is 0 Å². The lowest BCUT2D eigenvalue weighted by Crippen LogP contribution is -2.45. The molecule has 1 rings (SSSR count). The Balaban J connectivity index is 2.71. The Morgan fingerprint density at radius 3 is 2.40 bits per heavy atom. The first-order valence-electron chi connectivity index (χ1n) is 7.62. The van der Waals surface area contributed by atoms with Gasteiger partial charge in [-0.05, 0) is 25.3 Å².